The maximum atomic E-state index is 12.8. The van der Waals surface area contributed by atoms with Crippen LogP contribution in [-0.4, -0.2) is 29.6 Å². The molecule has 27 heavy (non-hydrogen) atoms. The second kappa shape index (κ2) is 8.71. The van der Waals surface area contributed by atoms with E-state index in [1.807, 2.05) is 67.6 Å². The summed E-state index contributed by atoms with van der Waals surface area (Å²) >= 11 is 0. The van der Waals surface area contributed by atoms with Crippen LogP contribution in [0.4, 0.5) is 4.79 Å². The lowest BCUT2D eigenvalue weighted by molar-refractivity contribution is -0.144. The summed E-state index contributed by atoms with van der Waals surface area (Å²) < 4.78 is 10.9. The van der Waals surface area contributed by atoms with Gasteiger partial charge in [-0.05, 0) is 24.5 Å². The Kier molecular flexibility index (Phi) is 6.12. The highest BCUT2D eigenvalue weighted by molar-refractivity contribution is 5.75. The van der Waals surface area contributed by atoms with Crippen molar-refractivity contribution in [2.45, 2.75) is 44.9 Å². The number of esters is 1. The maximum Gasteiger partial charge on any atom is 0.411 e. The van der Waals surface area contributed by atoms with E-state index in [2.05, 4.69) is 0 Å². The van der Waals surface area contributed by atoms with Crippen molar-refractivity contribution in [3.8, 4) is 0 Å². The van der Waals surface area contributed by atoms with Gasteiger partial charge in [-0.3, -0.25) is 9.69 Å². The molecule has 0 bridgehead atoms. The van der Waals surface area contributed by atoms with E-state index in [9.17, 15) is 9.59 Å². The second-order valence-electron chi connectivity index (χ2n) is 6.55. The van der Waals surface area contributed by atoms with Crippen LogP contribution in [0.1, 0.15) is 50.0 Å². The molecule has 0 N–H and O–H groups in total. The molecule has 2 aromatic rings. The van der Waals surface area contributed by atoms with E-state index < -0.39 is 12.2 Å². The van der Waals surface area contributed by atoms with Gasteiger partial charge in [-0.25, -0.2) is 4.79 Å². The van der Waals surface area contributed by atoms with Crippen LogP contribution in [0.3, 0.4) is 0 Å². The second-order valence-corrected chi connectivity index (χ2v) is 6.55. The molecule has 1 saturated heterocycles. The Balaban J connectivity index is 1.97. The first-order valence-corrected chi connectivity index (χ1v) is 9.40. The van der Waals surface area contributed by atoms with Crippen LogP contribution in [0, 0.1) is 0 Å². The zero-order chi connectivity index (χ0) is 19.2. The van der Waals surface area contributed by atoms with Crippen molar-refractivity contribution in [2.24, 2.45) is 0 Å². The lowest BCUT2D eigenvalue weighted by atomic mass is 9.93. The fraction of sp³-hybridized carbons (Fsp3) is 0.364. The number of benzene rings is 2. The summed E-state index contributed by atoms with van der Waals surface area (Å²) in [5, 5.41) is 0. The maximum absolute atomic E-state index is 12.8. The smallest absolute Gasteiger partial charge is 0.411 e. The standard InChI is InChI=1S/C22H25NO4/c1-3-18(15-19(24)26-4-2)23-20(16-11-7-5-8-12-16)21(27-22(23)25)17-13-9-6-10-14-17/h5-14,18,20-21H,3-4,15H2,1-2H3/t18-,20+,21-/m0/s1. The van der Waals surface area contributed by atoms with Crippen molar-refractivity contribution in [3.05, 3.63) is 71.8 Å². The summed E-state index contributed by atoms with van der Waals surface area (Å²) in [5.41, 5.74) is 1.92. The molecule has 5 nitrogen and oxygen atoms in total. The van der Waals surface area contributed by atoms with Crippen LogP contribution in [0.15, 0.2) is 60.7 Å². The average Bonchev–Trinajstić information content (AvgIpc) is 3.05. The molecule has 3 rings (SSSR count). The number of nitrogens with zero attached hydrogens (tertiary/aromatic N) is 1. The number of cyclic esters (lactones) is 1. The van der Waals surface area contributed by atoms with Gasteiger partial charge in [-0.2, -0.15) is 0 Å². The number of carbonyl (C=O) groups is 2. The van der Waals surface area contributed by atoms with Crippen LogP contribution < -0.4 is 0 Å². The van der Waals surface area contributed by atoms with Crippen molar-refractivity contribution >= 4 is 12.1 Å². The number of hydrogen-bond donors (Lipinski definition) is 0. The summed E-state index contributed by atoms with van der Waals surface area (Å²) in [4.78, 5) is 26.6. The van der Waals surface area contributed by atoms with Gasteiger partial charge in [0, 0.05) is 6.04 Å². The first-order valence-electron chi connectivity index (χ1n) is 9.40. The number of amides is 1. The Morgan fingerprint density at radius 1 is 1.04 bits per heavy atom. The fourth-order valence-corrected chi connectivity index (χ4v) is 3.60. The van der Waals surface area contributed by atoms with Gasteiger partial charge in [0.1, 0.15) is 6.04 Å². The van der Waals surface area contributed by atoms with Crippen molar-refractivity contribution in [2.75, 3.05) is 6.61 Å². The van der Waals surface area contributed by atoms with E-state index >= 15 is 0 Å². The Labute approximate surface area is 159 Å². The Morgan fingerprint density at radius 2 is 1.63 bits per heavy atom. The molecule has 2 aromatic carbocycles. The zero-order valence-corrected chi connectivity index (χ0v) is 15.7. The Hall–Kier alpha value is -2.82. The van der Waals surface area contributed by atoms with Gasteiger partial charge in [0.05, 0.1) is 13.0 Å². The van der Waals surface area contributed by atoms with E-state index in [1.165, 1.54) is 0 Å². The monoisotopic (exact) mass is 367 g/mol. The third-order valence-corrected chi connectivity index (χ3v) is 4.87. The molecule has 5 heteroatoms. The molecule has 0 aliphatic carbocycles. The van der Waals surface area contributed by atoms with Crippen molar-refractivity contribution in [3.63, 3.8) is 0 Å². The summed E-state index contributed by atoms with van der Waals surface area (Å²) in [5.74, 6) is -0.299. The molecule has 0 radical (unpaired) electrons. The highest BCUT2D eigenvalue weighted by Crippen LogP contribution is 2.44. The van der Waals surface area contributed by atoms with Gasteiger partial charge >= 0.3 is 12.1 Å². The molecule has 0 saturated carbocycles. The van der Waals surface area contributed by atoms with E-state index in [-0.39, 0.29) is 24.5 Å². The Morgan fingerprint density at radius 3 is 2.19 bits per heavy atom. The summed E-state index contributed by atoms with van der Waals surface area (Å²) in [6.07, 6.45) is -0.0190. The van der Waals surface area contributed by atoms with Crippen LogP contribution in [0.25, 0.3) is 0 Å². The largest absolute Gasteiger partial charge is 0.466 e. The van der Waals surface area contributed by atoms with Crippen molar-refractivity contribution < 1.29 is 19.1 Å². The SMILES string of the molecule is CCOC(=O)C[C@H](CC)N1C(=O)O[C@@H](c2ccccc2)[C@H]1c1ccccc1. The fourth-order valence-electron chi connectivity index (χ4n) is 3.60. The van der Waals surface area contributed by atoms with Crippen LogP contribution in [0.2, 0.25) is 0 Å². The van der Waals surface area contributed by atoms with Crippen molar-refractivity contribution in [1.82, 2.24) is 4.90 Å². The van der Waals surface area contributed by atoms with Crippen molar-refractivity contribution in [1.29, 1.82) is 0 Å². The summed E-state index contributed by atoms with van der Waals surface area (Å²) in [7, 11) is 0. The number of ether oxygens (including phenoxy) is 2. The molecule has 1 heterocycles. The zero-order valence-electron chi connectivity index (χ0n) is 15.7. The molecule has 0 unspecified atom stereocenters. The minimum absolute atomic E-state index is 0.157. The number of carbonyl (C=O) groups excluding carboxylic acids is 2. The summed E-state index contributed by atoms with van der Waals surface area (Å²) in [6, 6.07) is 19.0. The molecular weight excluding hydrogens is 342 g/mol. The van der Waals surface area contributed by atoms with Gasteiger partial charge in [-0.15, -0.1) is 0 Å². The highest BCUT2D eigenvalue weighted by Gasteiger charge is 2.46. The third kappa shape index (κ3) is 4.13. The minimum Gasteiger partial charge on any atom is -0.466 e. The number of rotatable bonds is 7. The molecule has 0 aromatic heterocycles. The topological polar surface area (TPSA) is 55.8 Å². The third-order valence-electron chi connectivity index (χ3n) is 4.87. The van der Waals surface area contributed by atoms with E-state index in [0.717, 1.165) is 11.1 Å². The predicted octanol–water partition coefficient (Wildman–Crippen LogP) is 4.65. The first kappa shape index (κ1) is 19.0. The van der Waals surface area contributed by atoms with Gasteiger partial charge in [0.15, 0.2) is 6.10 Å². The minimum atomic E-state index is -0.419. The first-order chi connectivity index (χ1) is 13.2. The lowest BCUT2D eigenvalue weighted by Crippen LogP contribution is -2.39. The molecular formula is C22H25NO4. The van der Waals surface area contributed by atoms with E-state index in [1.54, 1.807) is 11.8 Å². The number of hydrogen-bond acceptors (Lipinski definition) is 4. The summed E-state index contributed by atoms with van der Waals surface area (Å²) in [6.45, 7) is 4.07. The van der Waals surface area contributed by atoms with Gasteiger partial charge in [-0.1, -0.05) is 67.6 Å². The van der Waals surface area contributed by atoms with Gasteiger partial charge in [0.25, 0.3) is 0 Å². The van der Waals surface area contributed by atoms with Crippen LogP contribution >= 0.6 is 0 Å². The molecule has 0 spiro atoms. The molecule has 142 valence electrons. The molecule has 1 amide bonds. The Bertz CT molecular complexity index is 762. The molecule has 3 atom stereocenters. The van der Waals surface area contributed by atoms with E-state index in [0.29, 0.717) is 13.0 Å². The molecule has 1 aliphatic rings. The molecule has 1 fully saturated rings. The van der Waals surface area contributed by atoms with Crippen LogP contribution in [-0.2, 0) is 14.3 Å². The van der Waals surface area contributed by atoms with Gasteiger partial charge < -0.3 is 9.47 Å². The predicted molar refractivity (Wildman–Crippen MR) is 102 cm³/mol. The highest BCUT2D eigenvalue weighted by atomic mass is 16.6. The quantitative estimate of drug-likeness (QED) is 0.668. The van der Waals surface area contributed by atoms with Gasteiger partial charge in [0.2, 0.25) is 0 Å². The average molecular weight is 367 g/mol. The van der Waals surface area contributed by atoms with Crippen LogP contribution in [0.5, 0.6) is 0 Å². The van der Waals surface area contributed by atoms with E-state index in [4.69, 9.17) is 9.47 Å². The lowest BCUT2D eigenvalue weighted by Gasteiger charge is -2.31. The normalized spacial score (nSPS) is 20.2. The molecule has 1 aliphatic heterocycles.